The van der Waals surface area contributed by atoms with Gasteiger partial charge >= 0.3 is 12.4 Å². The van der Waals surface area contributed by atoms with Crippen molar-refractivity contribution in [2.45, 2.75) is 37.7 Å². The molecule has 2 unspecified atom stereocenters. The molecule has 1 fully saturated rings. The van der Waals surface area contributed by atoms with Gasteiger partial charge in [0.15, 0.2) is 6.29 Å². The van der Waals surface area contributed by atoms with E-state index in [1.54, 1.807) is 0 Å². The lowest BCUT2D eigenvalue weighted by molar-refractivity contribution is -0.200. The van der Waals surface area contributed by atoms with Crippen LogP contribution in [0.25, 0.3) is 0 Å². The second-order valence-corrected chi connectivity index (χ2v) is 6.84. The SMILES string of the molecule is C[C@@H](OC1OCCNC1c1ccc(F)cc1)c1cc(C(F)(F)F)cc(C(F)(F)F)c1.Cl. The summed E-state index contributed by atoms with van der Waals surface area (Å²) in [6.45, 7) is 2.01. The summed E-state index contributed by atoms with van der Waals surface area (Å²) in [5, 5.41) is 3.10. The molecule has 0 aromatic heterocycles. The number of hydrogen-bond donors (Lipinski definition) is 1. The molecule has 1 heterocycles. The molecule has 172 valence electrons. The zero-order chi connectivity index (χ0) is 22.1. The summed E-state index contributed by atoms with van der Waals surface area (Å²) in [6, 6.07) is 6.20. The van der Waals surface area contributed by atoms with Crippen LogP contribution in [0.4, 0.5) is 30.7 Å². The second kappa shape index (κ2) is 9.72. The minimum Gasteiger partial charge on any atom is -0.349 e. The van der Waals surface area contributed by atoms with E-state index in [9.17, 15) is 30.7 Å². The van der Waals surface area contributed by atoms with Gasteiger partial charge in [0.05, 0.1) is 29.9 Å². The van der Waals surface area contributed by atoms with Gasteiger partial charge in [-0.15, -0.1) is 12.4 Å². The zero-order valence-electron chi connectivity index (χ0n) is 16.1. The highest BCUT2D eigenvalue weighted by Crippen LogP contribution is 2.38. The largest absolute Gasteiger partial charge is 0.416 e. The maximum absolute atomic E-state index is 13.2. The lowest BCUT2D eigenvalue weighted by Gasteiger charge is -2.34. The minimum absolute atomic E-state index is 0. The van der Waals surface area contributed by atoms with Crippen molar-refractivity contribution in [3.8, 4) is 0 Å². The normalized spacial score (nSPS) is 20.8. The molecule has 1 aliphatic heterocycles. The number of rotatable bonds is 4. The monoisotopic (exact) mass is 473 g/mol. The van der Waals surface area contributed by atoms with E-state index < -0.39 is 47.7 Å². The first-order valence-corrected chi connectivity index (χ1v) is 9.00. The van der Waals surface area contributed by atoms with Crippen LogP contribution in [-0.2, 0) is 21.8 Å². The van der Waals surface area contributed by atoms with Crippen LogP contribution < -0.4 is 5.32 Å². The molecule has 0 amide bonds. The number of nitrogens with one attached hydrogen (secondary N) is 1. The topological polar surface area (TPSA) is 30.5 Å². The molecule has 1 saturated heterocycles. The Morgan fingerprint density at radius 3 is 2.03 bits per heavy atom. The summed E-state index contributed by atoms with van der Waals surface area (Å²) in [4.78, 5) is 0. The number of ether oxygens (including phenoxy) is 2. The van der Waals surface area contributed by atoms with E-state index in [2.05, 4.69) is 5.32 Å². The molecule has 2 aromatic rings. The van der Waals surface area contributed by atoms with Crippen molar-refractivity contribution in [1.29, 1.82) is 0 Å². The van der Waals surface area contributed by atoms with Gasteiger partial charge in [-0.1, -0.05) is 12.1 Å². The molecular formula is C20H19ClF7NO2. The summed E-state index contributed by atoms with van der Waals surface area (Å²) >= 11 is 0. The fourth-order valence-electron chi connectivity index (χ4n) is 3.14. The highest BCUT2D eigenvalue weighted by atomic mass is 35.5. The molecule has 3 atom stereocenters. The van der Waals surface area contributed by atoms with Gasteiger partial charge in [0.1, 0.15) is 5.82 Å². The Balaban J connectivity index is 0.00000341. The quantitative estimate of drug-likeness (QED) is 0.548. The Kier molecular flexibility index (Phi) is 7.96. The summed E-state index contributed by atoms with van der Waals surface area (Å²) in [5.74, 6) is -0.454. The molecule has 0 radical (unpaired) electrons. The van der Waals surface area contributed by atoms with Gasteiger partial charge in [0, 0.05) is 6.54 Å². The minimum atomic E-state index is -4.95. The van der Waals surface area contributed by atoms with Crippen LogP contribution in [0, 0.1) is 5.82 Å². The Hall–Kier alpha value is -1.88. The van der Waals surface area contributed by atoms with E-state index in [-0.39, 0.29) is 30.6 Å². The Labute approximate surface area is 179 Å². The number of hydrogen-bond acceptors (Lipinski definition) is 3. The summed E-state index contributed by atoms with van der Waals surface area (Å²) < 4.78 is 103. The summed E-state index contributed by atoms with van der Waals surface area (Å²) in [7, 11) is 0. The average molecular weight is 474 g/mol. The maximum atomic E-state index is 13.2. The van der Waals surface area contributed by atoms with Crippen molar-refractivity contribution in [2.24, 2.45) is 0 Å². The van der Waals surface area contributed by atoms with Crippen LogP contribution in [0.5, 0.6) is 0 Å². The molecule has 1 aliphatic rings. The van der Waals surface area contributed by atoms with Crippen molar-refractivity contribution in [1.82, 2.24) is 5.32 Å². The van der Waals surface area contributed by atoms with Crippen LogP contribution in [-0.4, -0.2) is 19.4 Å². The van der Waals surface area contributed by atoms with Gasteiger partial charge in [0.2, 0.25) is 0 Å². The Morgan fingerprint density at radius 1 is 0.968 bits per heavy atom. The fourth-order valence-corrected chi connectivity index (χ4v) is 3.14. The van der Waals surface area contributed by atoms with Gasteiger partial charge in [-0.05, 0) is 48.4 Å². The molecule has 2 aromatic carbocycles. The van der Waals surface area contributed by atoms with E-state index in [4.69, 9.17) is 9.47 Å². The van der Waals surface area contributed by atoms with Crippen LogP contribution in [0.3, 0.4) is 0 Å². The van der Waals surface area contributed by atoms with Crippen molar-refractivity contribution >= 4 is 12.4 Å². The molecule has 3 rings (SSSR count). The third-order valence-electron chi connectivity index (χ3n) is 4.67. The zero-order valence-corrected chi connectivity index (χ0v) is 16.9. The second-order valence-electron chi connectivity index (χ2n) is 6.84. The van der Waals surface area contributed by atoms with E-state index in [0.717, 1.165) is 0 Å². The summed E-state index contributed by atoms with van der Waals surface area (Å²) in [6.07, 6.45) is -12.0. The van der Waals surface area contributed by atoms with Crippen LogP contribution in [0.15, 0.2) is 42.5 Å². The Bertz CT molecular complexity index is 839. The molecule has 3 nitrogen and oxygen atoms in total. The maximum Gasteiger partial charge on any atom is 0.416 e. The lowest BCUT2D eigenvalue weighted by Crippen LogP contribution is -2.43. The van der Waals surface area contributed by atoms with E-state index in [1.165, 1.54) is 31.2 Å². The molecule has 1 N–H and O–H groups in total. The summed E-state index contributed by atoms with van der Waals surface area (Å²) in [5.41, 5.74) is -2.52. The predicted octanol–water partition coefficient (Wildman–Crippen LogP) is 6.05. The van der Waals surface area contributed by atoms with Crippen LogP contribution in [0.2, 0.25) is 0 Å². The number of benzene rings is 2. The third-order valence-corrected chi connectivity index (χ3v) is 4.67. The van der Waals surface area contributed by atoms with Crippen molar-refractivity contribution in [3.05, 3.63) is 70.5 Å². The van der Waals surface area contributed by atoms with E-state index in [0.29, 0.717) is 24.2 Å². The lowest BCUT2D eigenvalue weighted by atomic mass is 10.0. The highest BCUT2D eigenvalue weighted by molar-refractivity contribution is 5.85. The predicted molar refractivity (Wildman–Crippen MR) is 100 cm³/mol. The van der Waals surface area contributed by atoms with Gasteiger partial charge in [0.25, 0.3) is 0 Å². The molecule has 11 heteroatoms. The van der Waals surface area contributed by atoms with Crippen molar-refractivity contribution in [3.63, 3.8) is 0 Å². The molecular weight excluding hydrogens is 455 g/mol. The first-order chi connectivity index (χ1) is 13.9. The standard InChI is InChI=1S/C20H18F7NO2.ClH/c1-11(13-8-14(19(22,23)24)10-15(9-13)20(25,26)27)30-18-17(28-6-7-29-18)12-2-4-16(21)5-3-12;/h2-5,8-11,17-18,28H,6-7H2,1H3;1H/t11-,17?,18?;/m1./s1. The number of morpholine rings is 1. The first-order valence-electron chi connectivity index (χ1n) is 9.00. The third kappa shape index (κ3) is 6.31. The fraction of sp³-hybridized carbons (Fsp3) is 0.400. The molecule has 0 spiro atoms. The number of alkyl halides is 6. The molecule has 31 heavy (non-hydrogen) atoms. The smallest absolute Gasteiger partial charge is 0.349 e. The van der Waals surface area contributed by atoms with Crippen LogP contribution >= 0.6 is 12.4 Å². The van der Waals surface area contributed by atoms with E-state index in [1.807, 2.05) is 0 Å². The van der Waals surface area contributed by atoms with Crippen molar-refractivity contribution in [2.75, 3.05) is 13.2 Å². The van der Waals surface area contributed by atoms with Gasteiger partial charge in [-0.2, -0.15) is 26.3 Å². The van der Waals surface area contributed by atoms with Gasteiger partial charge in [-0.25, -0.2) is 4.39 Å². The average Bonchev–Trinajstić information content (AvgIpc) is 2.67. The first kappa shape index (κ1) is 25.4. The van der Waals surface area contributed by atoms with Gasteiger partial charge in [-0.3, -0.25) is 0 Å². The molecule has 0 bridgehead atoms. The van der Waals surface area contributed by atoms with Gasteiger partial charge < -0.3 is 14.8 Å². The molecule has 0 saturated carbocycles. The van der Waals surface area contributed by atoms with E-state index >= 15 is 0 Å². The van der Waals surface area contributed by atoms with Crippen LogP contribution in [0.1, 0.15) is 41.3 Å². The van der Waals surface area contributed by atoms with Crippen molar-refractivity contribution < 1.29 is 40.2 Å². The molecule has 0 aliphatic carbocycles. The number of halogens is 8. The highest BCUT2D eigenvalue weighted by Gasteiger charge is 2.38. The Morgan fingerprint density at radius 2 is 1.52 bits per heavy atom.